The number of hydrogen-bond acceptors (Lipinski definition) is 2. The van der Waals surface area contributed by atoms with Gasteiger partial charge in [0.05, 0.1) is 0 Å². The molecule has 0 saturated carbocycles. The number of carbonyl (C=O) groups is 1. The molecule has 0 aliphatic rings. The number of unbranched alkanes of at least 4 members (excludes halogenated alkanes) is 9. The molecule has 112 valence electrons. The first-order valence-electron chi connectivity index (χ1n) is 7.57. The summed E-state index contributed by atoms with van der Waals surface area (Å²) in [6, 6.07) is 0. The molecule has 0 bridgehead atoms. The van der Waals surface area contributed by atoms with E-state index >= 15 is 0 Å². The Labute approximate surface area is 122 Å². The predicted octanol–water partition coefficient (Wildman–Crippen LogP) is 3.36. The fourth-order valence-electron chi connectivity index (χ4n) is 1.80. The highest BCUT2D eigenvalue weighted by molar-refractivity contribution is 5.75. The van der Waals surface area contributed by atoms with Crippen LogP contribution >= 0.6 is 0 Å². The number of aliphatic hydroxyl groups excluding tert-OH is 1. The first kappa shape index (κ1) is 18.6. The van der Waals surface area contributed by atoms with Crippen LogP contribution in [0, 0.1) is 23.7 Å². The highest BCUT2D eigenvalue weighted by Crippen LogP contribution is 2.09. The molecule has 0 spiro atoms. The molecule has 20 heavy (non-hydrogen) atoms. The third kappa shape index (κ3) is 13.0. The van der Waals surface area contributed by atoms with Gasteiger partial charge in [0.1, 0.15) is 0 Å². The first-order chi connectivity index (χ1) is 9.68. The Balaban J connectivity index is 3.38. The number of aliphatic carboxylic acids is 1. The van der Waals surface area contributed by atoms with Gasteiger partial charge in [-0.15, -0.1) is 0 Å². The Morgan fingerprint density at radius 3 is 2.05 bits per heavy atom. The molecule has 0 aromatic heterocycles. The maximum atomic E-state index is 10.2. The molecule has 0 fully saturated rings. The summed E-state index contributed by atoms with van der Waals surface area (Å²) in [5.74, 6) is 8.60. The Hall–Kier alpha value is -1.45. The highest BCUT2D eigenvalue weighted by Gasteiger charge is 2.06. The van der Waals surface area contributed by atoms with Gasteiger partial charge in [-0.25, -0.2) is 4.79 Å². The molecule has 0 aromatic rings. The predicted molar refractivity (Wildman–Crippen MR) is 81.0 cm³/mol. The molecule has 1 atom stereocenters. The van der Waals surface area contributed by atoms with Crippen molar-refractivity contribution >= 4 is 5.97 Å². The van der Waals surface area contributed by atoms with E-state index in [1.54, 1.807) is 0 Å². The number of rotatable bonds is 10. The zero-order valence-electron chi connectivity index (χ0n) is 12.5. The number of carboxylic acid groups (broad SMARTS) is 1. The minimum absolute atomic E-state index is 0.785. The summed E-state index contributed by atoms with van der Waals surface area (Å²) in [5.41, 5.74) is 0. The van der Waals surface area contributed by atoms with Crippen LogP contribution in [0.2, 0.25) is 0 Å². The third-order valence-electron chi connectivity index (χ3n) is 3.00. The van der Waals surface area contributed by atoms with Crippen molar-refractivity contribution in [3.8, 4) is 23.7 Å². The number of aliphatic hydroxyl groups is 1. The van der Waals surface area contributed by atoms with Crippen LogP contribution in [0.1, 0.15) is 71.1 Å². The van der Waals surface area contributed by atoms with Gasteiger partial charge in [0, 0.05) is 6.42 Å². The minimum Gasteiger partial charge on any atom is -0.479 e. The Kier molecular flexibility index (Phi) is 13.0. The molecule has 0 aliphatic carbocycles. The molecule has 0 aliphatic heterocycles. The van der Waals surface area contributed by atoms with E-state index in [2.05, 4.69) is 30.6 Å². The van der Waals surface area contributed by atoms with Crippen LogP contribution in [0.5, 0.6) is 0 Å². The third-order valence-corrected chi connectivity index (χ3v) is 3.00. The SMILES string of the molecule is CCCCCCCCCCCC#CC#CC(O)C(=O)O. The lowest BCUT2D eigenvalue weighted by atomic mass is 10.1. The van der Waals surface area contributed by atoms with E-state index in [1.807, 2.05) is 0 Å². The molecule has 1 unspecified atom stereocenters. The first-order valence-corrected chi connectivity index (χ1v) is 7.57. The van der Waals surface area contributed by atoms with E-state index in [0.717, 1.165) is 12.8 Å². The minimum atomic E-state index is -1.63. The van der Waals surface area contributed by atoms with Crippen molar-refractivity contribution < 1.29 is 15.0 Å². The lowest BCUT2D eigenvalue weighted by Gasteiger charge is -1.99. The standard InChI is InChI=1S/C17H26O3/c1-2-3-4-5-6-7-8-9-10-11-12-13-14-15-16(18)17(19)20/h16,18H,2-11H2,1H3,(H,19,20). The molecule has 0 amide bonds. The van der Waals surface area contributed by atoms with Crippen LogP contribution in [0.15, 0.2) is 0 Å². The maximum absolute atomic E-state index is 10.2. The van der Waals surface area contributed by atoms with E-state index in [-0.39, 0.29) is 0 Å². The van der Waals surface area contributed by atoms with Crippen molar-refractivity contribution in [1.29, 1.82) is 0 Å². The Bertz CT molecular complexity index is 365. The molecular weight excluding hydrogens is 252 g/mol. The Morgan fingerprint density at radius 2 is 1.50 bits per heavy atom. The molecule has 0 rings (SSSR count). The van der Waals surface area contributed by atoms with Gasteiger partial charge in [-0.2, -0.15) is 0 Å². The van der Waals surface area contributed by atoms with E-state index in [9.17, 15) is 4.79 Å². The summed E-state index contributed by atoms with van der Waals surface area (Å²) in [4.78, 5) is 10.2. The summed E-state index contributed by atoms with van der Waals surface area (Å²) in [6.07, 6.45) is 10.7. The quantitative estimate of drug-likeness (QED) is 0.476. The number of carboxylic acids is 1. The van der Waals surface area contributed by atoms with Gasteiger partial charge in [0.25, 0.3) is 0 Å². The largest absolute Gasteiger partial charge is 0.479 e. The van der Waals surface area contributed by atoms with Crippen molar-refractivity contribution in [3.05, 3.63) is 0 Å². The van der Waals surface area contributed by atoms with Gasteiger partial charge in [0.2, 0.25) is 6.10 Å². The van der Waals surface area contributed by atoms with Gasteiger partial charge in [-0.3, -0.25) is 0 Å². The zero-order valence-corrected chi connectivity index (χ0v) is 12.5. The smallest absolute Gasteiger partial charge is 0.345 e. The van der Waals surface area contributed by atoms with Crippen LogP contribution in [0.4, 0.5) is 0 Å². The van der Waals surface area contributed by atoms with Crippen LogP contribution in [-0.4, -0.2) is 22.3 Å². The average Bonchev–Trinajstić information content (AvgIpc) is 2.43. The topological polar surface area (TPSA) is 57.5 Å². The van der Waals surface area contributed by atoms with Crippen molar-refractivity contribution in [2.75, 3.05) is 0 Å². The van der Waals surface area contributed by atoms with E-state index < -0.39 is 12.1 Å². The van der Waals surface area contributed by atoms with Crippen molar-refractivity contribution in [1.82, 2.24) is 0 Å². The van der Waals surface area contributed by atoms with Gasteiger partial charge in [-0.1, -0.05) is 64.2 Å². The normalized spacial score (nSPS) is 10.9. The summed E-state index contributed by atoms with van der Waals surface area (Å²) >= 11 is 0. The molecule has 3 heteroatoms. The summed E-state index contributed by atoms with van der Waals surface area (Å²) in [5, 5.41) is 17.2. The van der Waals surface area contributed by atoms with Crippen LogP contribution in [-0.2, 0) is 4.79 Å². The molecule has 3 nitrogen and oxygen atoms in total. The fourth-order valence-corrected chi connectivity index (χ4v) is 1.80. The van der Waals surface area contributed by atoms with Crippen molar-refractivity contribution in [2.24, 2.45) is 0 Å². The van der Waals surface area contributed by atoms with Gasteiger partial charge in [0.15, 0.2) is 0 Å². The van der Waals surface area contributed by atoms with Crippen LogP contribution < -0.4 is 0 Å². The molecule has 2 N–H and O–H groups in total. The second-order valence-electron chi connectivity index (χ2n) is 4.89. The van der Waals surface area contributed by atoms with Gasteiger partial charge in [-0.05, 0) is 24.2 Å². The second kappa shape index (κ2) is 14.0. The van der Waals surface area contributed by atoms with Crippen LogP contribution in [0.25, 0.3) is 0 Å². The lowest BCUT2D eigenvalue weighted by molar-refractivity contribution is -0.143. The second-order valence-corrected chi connectivity index (χ2v) is 4.89. The molecule has 0 radical (unpaired) electrons. The average molecular weight is 278 g/mol. The summed E-state index contributed by atoms with van der Waals surface area (Å²) in [6.45, 7) is 2.23. The van der Waals surface area contributed by atoms with Crippen LogP contribution in [0.3, 0.4) is 0 Å². The summed E-state index contributed by atoms with van der Waals surface area (Å²) < 4.78 is 0. The molecule has 0 saturated heterocycles. The van der Waals surface area contributed by atoms with Gasteiger partial charge >= 0.3 is 5.97 Å². The molecule has 0 heterocycles. The maximum Gasteiger partial charge on any atom is 0.345 e. The summed E-state index contributed by atoms with van der Waals surface area (Å²) in [7, 11) is 0. The van der Waals surface area contributed by atoms with E-state index in [4.69, 9.17) is 10.2 Å². The van der Waals surface area contributed by atoms with Crippen molar-refractivity contribution in [3.63, 3.8) is 0 Å². The molecule has 0 aromatic carbocycles. The molecular formula is C17H26O3. The fraction of sp³-hybridized carbons (Fsp3) is 0.706. The lowest BCUT2D eigenvalue weighted by Crippen LogP contribution is -2.16. The van der Waals surface area contributed by atoms with Gasteiger partial charge < -0.3 is 10.2 Å². The zero-order chi connectivity index (χ0) is 15.1. The van der Waals surface area contributed by atoms with Crippen molar-refractivity contribution in [2.45, 2.75) is 77.2 Å². The Morgan fingerprint density at radius 1 is 0.950 bits per heavy atom. The highest BCUT2D eigenvalue weighted by atomic mass is 16.4. The van der Waals surface area contributed by atoms with E-state index in [1.165, 1.54) is 51.4 Å². The monoisotopic (exact) mass is 278 g/mol. The van der Waals surface area contributed by atoms with E-state index in [0.29, 0.717) is 0 Å². The number of hydrogen-bond donors (Lipinski definition) is 2.